The maximum atomic E-state index is 5.50. The van der Waals surface area contributed by atoms with Gasteiger partial charge in [0.25, 0.3) is 0 Å². The van der Waals surface area contributed by atoms with Gasteiger partial charge in [0, 0.05) is 5.39 Å². The first-order valence-electron chi connectivity index (χ1n) is 3.42. The van der Waals surface area contributed by atoms with Crippen molar-refractivity contribution in [1.29, 1.82) is 0 Å². The summed E-state index contributed by atoms with van der Waals surface area (Å²) in [4.78, 5) is 4.12. The highest BCUT2D eigenvalue weighted by Gasteiger charge is 2.04. The van der Waals surface area contributed by atoms with E-state index in [1.165, 1.54) is 0 Å². The molecule has 0 saturated carbocycles. The number of anilines is 1. The zero-order valence-corrected chi connectivity index (χ0v) is 9.50. The fraction of sp³-hybridized carbons (Fsp3) is 0. The van der Waals surface area contributed by atoms with Gasteiger partial charge in [0.15, 0.2) is 0 Å². The van der Waals surface area contributed by atoms with Crippen molar-refractivity contribution in [3.8, 4) is 0 Å². The maximum absolute atomic E-state index is 5.50. The standard InChI is InChI=1S/C7H4Br2N4/c8-4-1-3-2-5(10)12-13-6(3)7(9)11-4/h1-2H,(H2,10,12). The minimum Gasteiger partial charge on any atom is -0.382 e. The molecule has 66 valence electrons. The number of nitrogens with two attached hydrogens (primary N) is 1. The van der Waals surface area contributed by atoms with Crippen molar-refractivity contribution in [2.75, 3.05) is 5.73 Å². The van der Waals surface area contributed by atoms with Crippen molar-refractivity contribution in [2.45, 2.75) is 0 Å². The monoisotopic (exact) mass is 302 g/mol. The van der Waals surface area contributed by atoms with Crippen LogP contribution in [0.3, 0.4) is 0 Å². The van der Waals surface area contributed by atoms with Crippen LogP contribution >= 0.6 is 31.9 Å². The lowest BCUT2D eigenvalue weighted by Gasteiger charge is -1.99. The number of halogens is 2. The second kappa shape index (κ2) is 3.19. The fourth-order valence-corrected chi connectivity index (χ4v) is 2.16. The normalized spacial score (nSPS) is 10.6. The fourth-order valence-electron chi connectivity index (χ4n) is 1.000. The quantitative estimate of drug-likeness (QED) is 0.757. The summed E-state index contributed by atoms with van der Waals surface area (Å²) in [7, 11) is 0. The molecule has 0 atom stereocenters. The van der Waals surface area contributed by atoms with Gasteiger partial charge in [0.05, 0.1) is 0 Å². The molecule has 0 bridgehead atoms. The van der Waals surface area contributed by atoms with Gasteiger partial charge in [0.1, 0.15) is 20.5 Å². The zero-order chi connectivity index (χ0) is 9.42. The van der Waals surface area contributed by atoms with Crippen LogP contribution < -0.4 is 5.73 Å². The molecule has 2 rings (SSSR count). The van der Waals surface area contributed by atoms with E-state index in [1.54, 1.807) is 6.07 Å². The van der Waals surface area contributed by atoms with E-state index in [1.807, 2.05) is 6.07 Å². The summed E-state index contributed by atoms with van der Waals surface area (Å²) in [5.74, 6) is 0.400. The van der Waals surface area contributed by atoms with Crippen LogP contribution in [0.1, 0.15) is 0 Å². The van der Waals surface area contributed by atoms with Crippen molar-refractivity contribution in [1.82, 2.24) is 15.2 Å². The summed E-state index contributed by atoms with van der Waals surface area (Å²) < 4.78 is 1.39. The van der Waals surface area contributed by atoms with E-state index in [0.29, 0.717) is 15.9 Å². The van der Waals surface area contributed by atoms with Gasteiger partial charge in [-0.1, -0.05) is 0 Å². The number of rotatable bonds is 0. The van der Waals surface area contributed by atoms with Gasteiger partial charge in [-0.05, 0) is 44.0 Å². The Bertz CT molecular complexity index is 466. The molecule has 0 spiro atoms. The molecule has 0 radical (unpaired) electrons. The van der Waals surface area contributed by atoms with Crippen molar-refractivity contribution >= 4 is 48.6 Å². The summed E-state index contributed by atoms with van der Waals surface area (Å²) in [5.41, 5.74) is 6.21. The molecular formula is C7H4Br2N4. The van der Waals surface area contributed by atoms with Crippen LogP contribution in [0, 0.1) is 0 Å². The first kappa shape index (κ1) is 8.83. The molecule has 0 aliphatic heterocycles. The van der Waals surface area contributed by atoms with Crippen LogP contribution in [0.25, 0.3) is 10.9 Å². The van der Waals surface area contributed by atoms with Crippen LogP contribution in [0.4, 0.5) is 5.82 Å². The second-order valence-electron chi connectivity index (χ2n) is 2.44. The number of pyridine rings is 1. The van der Waals surface area contributed by atoms with Gasteiger partial charge < -0.3 is 5.73 Å². The highest BCUT2D eigenvalue weighted by atomic mass is 79.9. The van der Waals surface area contributed by atoms with Crippen LogP contribution in [0.2, 0.25) is 0 Å². The Morgan fingerprint density at radius 3 is 2.69 bits per heavy atom. The average molecular weight is 304 g/mol. The van der Waals surface area contributed by atoms with E-state index in [9.17, 15) is 0 Å². The van der Waals surface area contributed by atoms with E-state index < -0.39 is 0 Å². The molecule has 6 heteroatoms. The summed E-state index contributed by atoms with van der Waals surface area (Å²) >= 11 is 6.57. The maximum Gasteiger partial charge on any atom is 0.146 e. The number of nitrogens with zero attached hydrogens (tertiary/aromatic N) is 3. The van der Waals surface area contributed by atoms with E-state index >= 15 is 0 Å². The predicted molar refractivity (Wildman–Crippen MR) is 57.1 cm³/mol. The van der Waals surface area contributed by atoms with Crippen molar-refractivity contribution < 1.29 is 0 Å². The Balaban J connectivity index is 2.86. The number of aromatic nitrogens is 3. The lowest BCUT2D eigenvalue weighted by molar-refractivity contribution is 1.07. The molecule has 2 N–H and O–H groups in total. The first-order valence-corrected chi connectivity index (χ1v) is 5.00. The van der Waals surface area contributed by atoms with Gasteiger partial charge in [-0.15, -0.1) is 10.2 Å². The second-order valence-corrected chi connectivity index (χ2v) is 4.01. The number of fused-ring (bicyclic) bond motifs is 1. The molecule has 0 saturated heterocycles. The molecule has 2 aromatic heterocycles. The van der Waals surface area contributed by atoms with Crippen molar-refractivity contribution in [3.63, 3.8) is 0 Å². The molecule has 2 heterocycles. The third-order valence-corrected chi connectivity index (χ3v) is 2.48. The van der Waals surface area contributed by atoms with E-state index in [2.05, 4.69) is 47.0 Å². The van der Waals surface area contributed by atoms with E-state index in [4.69, 9.17) is 5.73 Å². The number of nitrogen functional groups attached to an aromatic ring is 1. The van der Waals surface area contributed by atoms with Crippen LogP contribution in [0.15, 0.2) is 21.3 Å². The first-order chi connectivity index (χ1) is 6.16. The molecule has 4 nitrogen and oxygen atoms in total. The molecule has 0 aliphatic rings. The summed E-state index contributed by atoms with van der Waals surface area (Å²) in [6.45, 7) is 0. The van der Waals surface area contributed by atoms with E-state index in [-0.39, 0.29) is 0 Å². The number of hydrogen-bond acceptors (Lipinski definition) is 4. The largest absolute Gasteiger partial charge is 0.382 e. The Morgan fingerprint density at radius 2 is 1.92 bits per heavy atom. The molecule has 2 aromatic rings. The minimum atomic E-state index is 0.400. The zero-order valence-electron chi connectivity index (χ0n) is 6.33. The Morgan fingerprint density at radius 1 is 1.15 bits per heavy atom. The summed E-state index contributed by atoms with van der Waals surface area (Å²) in [5, 5.41) is 8.56. The molecular weight excluding hydrogens is 300 g/mol. The Kier molecular flexibility index (Phi) is 2.17. The highest BCUT2D eigenvalue weighted by molar-refractivity contribution is 9.11. The molecule has 0 aromatic carbocycles. The van der Waals surface area contributed by atoms with Crippen LogP contribution in [0.5, 0.6) is 0 Å². The molecule has 0 amide bonds. The minimum absolute atomic E-state index is 0.400. The van der Waals surface area contributed by atoms with E-state index in [0.717, 1.165) is 9.99 Å². The smallest absolute Gasteiger partial charge is 0.146 e. The van der Waals surface area contributed by atoms with Gasteiger partial charge in [-0.3, -0.25) is 0 Å². The third kappa shape index (κ3) is 1.64. The Hall–Kier alpha value is -0.750. The van der Waals surface area contributed by atoms with Crippen LogP contribution in [-0.4, -0.2) is 15.2 Å². The molecule has 0 aliphatic carbocycles. The summed E-state index contributed by atoms with van der Waals surface area (Å²) in [6.07, 6.45) is 0. The lowest BCUT2D eigenvalue weighted by atomic mass is 10.3. The third-order valence-electron chi connectivity index (χ3n) is 1.52. The van der Waals surface area contributed by atoms with Crippen LogP contribution in [-0.2, 0) is 0 Å². The number of hydrogen-bond donors (Lipinski definition) is 1. The van der Waals surface area contributed by atoms with Gasteiger partial charge >= 0.3 is 0 Å². The lowest BCUT2D eigenvalue weighted by Crippen LogP contribution is -1.94. The highest BCUT2D eigenvalue weighted by Crippen LogP contribution is 2.23. The van der Waals surface area contributed by atoms with Crippen molar-refractivity contribution in [2.24, 2.45) is 0 Å². The topological polar surface area (TPSA) is 64.7 Å². The van der Waals surface area contributed by atoms with Gasteiger partial charge in [-0.2, -0.15) is 0 Å². The Labute approximate surface area is 90.8 Å². The predicted octanol–water partition coefficient (Wildman–Crippen LogP) is 2.13. The van der Waals surface area contributed by atoms with Crippen molar-refractivity contribution in [3.05, 3.63) is 21.3 Å². The molecule has 0 unspecified atom stereocenters. The average Bonchev–Trinajstić information content (AvgIpc) is 2.02. The molecule has 13 heavy (non-hydrogen) atoms. The molecule has 0 fully saturated rings. The summed E-state index contributed by atoms with van der Waals surface area (Å²) in [6, 6.07) is 3.59. The SMILES string of the molecule is Nc1cc2cc(Br)nc(Br)c2nn1. The van der Waals surface area contributed by atoms with Gasteiger partial charge in [-0.25, -0.2) is 4.98 Å². The van der Waals surface area contributed by atoms with Gasteiger partial charge in [0.2, 0.25) is 0 Å².